The molecular weight excluding hydrogens is 385 g/mol. The first-order valence-corrected chi connectivity index (χ1v) is 8.73. The second-order valence-electron chi connectivity index (χ2n) is 5.22. The van der Waals surface area contributed by atoms with Crippen LogP contribution >= 0.6 is 35.0 Å². The highest BCUT2D eigenvalue weighted by molar-refractivity contribution is 8.19. The van der Waals surface area contributed by atoms with Crippen LogP contribution in [-0.2, 0) is 4.79 Å². The van der Waals surface area contributed by atoms with Gasteiger partial charge in [-0.3, -0.25) is 9.59 Å². The van der Waals surface area contributed by atoms with E-state index in [0.29, 0.717) is 32.8 Å². The summed E-state index contributed by atoms with van der Waals surface area (Å²) in [5, 5.41) is 0.452. The molecule has 2 aromatic carbocycles. The zero-order valence-electron chi connectivity index (χ0n) is 12.5. The zero-order valence-corrected chi connectivity index (χ0v) is 14.8. The van der Waals surface area contributed by atoms with E-state index in [1.165, 1.54) is 0 Å². The highest BCUT2D eigenvalue weighted by atomic mass is 35.5. The molecule has 126 valence electrons. The van der Waals surface area contributed by atoms with Crippen LogP contribution in [0.4, 0.5) is 10.5 Å². The third kappa shape index (κ3) is 2.97. The van der Waals surface area contributed by atoms with Gasteiger partial charge >= 0.3 is 0 Å². The van der Waals surface area contributed by atoms with Gasteiger partial charge in [-0.05, 0) is 47.7 Å². The number of carbonyl (C=O) groups is 2. The Morgan fingerprint density at radius 1 is 1.08 bits per heavy atom. The number of amides is 2. The van der Waals surface area contributed by atoms with Crippen LogP contribution in [0.5, 0.6) is 11.5 Å². The van der Waals surface area contributed by atoms with Gasteiger partial charge in [-0.2, -0.15) is 0 Å². The van der Waals surface area contributed by atoms with Gasteiger partial charge < -0.3 is 9.47 Å². The summed E-state index contributed by atoms with van der Waals surface area (Å²) in [6.07, 6.45) is 1.57. The van der Waals surface area contributed by atoms with Crippen LogP contribution in [0.15, 0.2) is 41.3 Å². The average Bonchev–Trinajstić information content (AvgIpc) is 3.12. The van der Waals surface area contributed by atoms with E-state index in [4.69, 9.17) is 32.7 Å². The Morgan fingerprint density at radius 2 is 1.84 bits per heavy atom. The second-order valence-corrected chi connectivity index (χ2v) is 7.06. The molecule has 2 aliphatic rings. The average molecular weight is 394 g/mol. The number of imide groups is 1. The van der Waals surface area contributed by atoms with Crippen molar-refractivity contribution in [1.82, 2.24) is 0 Å². The molecule has 0 atom stereocenters. The molecule has 4 rings (SSSR count). The lowest BCUT2D eigenvalue weighted by Gasteiger charge is -2.12. The molecule has 0 aromatic heterocycles. The van der Waals surface area contributed by atoms with Crippen LogP contribution in [0.25, 0.3) is 6.08 Å². The molecule has 2 aromatic rings. The van der Waals surface area contributed by atoms with Gasteiger partial charge in [0.05, 0.1) is 15.6 Å². The smallest absolute Gasteiger partial charge is 0.298 e. The lowest BCUT2D eigenvalue weighted by atomic mass is 10.1. The number of benzene rings is 2. The Morgan fingerprint density at radius 3 is 2.60 bits per heavy atom. The molecule has 2 heterocycles. The third-order valence-corrected chi connectivity index (χ3v) is 5.07. The molecule has 0 radical (unpaired) electrons. The number of rotatable bonds is 2. The molecule has 1 saturated heterocycles. The number of anilines is 1. The monoisotopic (exact) mass is 393 g/mol. The fraction of sp³-hybridized carbons (Fsp3) is 0.0588. The lowest BCUT2D eigenvalue weighted by Crippen LogP contribution is -2.27. The molecule has 5 nitrogen and oxygen atoms in total. The third-order valence-electron chi connectivity index (χ3n) is 3.64. The maximum atomic E-state index is 12.7. The van der Waals surface area contributed by atoms with Crippen LogP contribution < -0.4 is 14.4 Å². The normalized spacial score (nSPS) is 17.7. The summed E-state index contributed by atoms with van der Waals surface area (Å²) in [5.74, 6) is 0.671. The first-order valence-electron chi connectivity index (χ1n) is 7.15. The minimum Gasteiger partial charge on any atom is -0.454 e. The predicted molar refractivity (Wildman–Crippen MR) is 97.5 cm³/mol. The largest absolute Gasteiger partial charge is 0.454 e. The van der Waals surface area contributed by atoms with E-state index in [2.05, 4.69) is 0 Å². The van der Waals surface area contributed by atoms with Gasteiger partial charge in [0.25, 0.3) is 11.1 Å². The van der Waals surface area contributed by atoms with Crippen molar-refractivity contribution in [1.29, 1.82) is 0 Å². The van der Waals surface area contributed by atoms with Crippen LogP contribution in [0.2, 0.25) is 10.0 Å². The van der Waals surface area contributed by atoms with Crippen molar-refractivity contribution in [2.45, 2.75) is 0 Å². The summed E-state index contributed by atoms with van der Waals surface area (Å²) in [6.45, 7) is 0.125. The topological polar surface area (TPSA) is 55.8 Å². The number of nitrogens with zero attached hydrogens (tertiary/aromatic N) is 1. The van der Waals surface area contributed by atoms with Gasteiger partial charge in [-0.15, -0.1) is 0 Å². The maximum Gasteiger partial charge on any atom is 0.298 e. The van der Waals surface area contributed by atoms with E-state index in [0.717, 1.165) is 16.7 Å². The summed E-state index contributed by atoms with van der Waals surface area (Å²) < 4.78 is 10.6. The second kappa shape index (κ2) is 6.29. The minimum atomic E-state index is -0.425. The van der Waals surface area contributed by atoms with Crippen molar-refractivity contribution in [3.8, 4) is 11.5 Å². The Hall–Kier alpha value is -2.15. The SMILES string of the molecule is O=C1SC(=Cc2cc3c(cc2Cl)OCO3)C(=O)N1c1cccc(Cl)c1. The van der Waals surface area contributed by atoms with Crippen molar-refractivity contribution in [2.24, 2.45) is 0 Å². The van der Waals surface area contributed by atoms with E-state index in [9.17, 15) is 9.59 Å². The first-order chi connectivity index (χ1) is 12.0. The summed E-state index contributed by atoms with van der Waals surface area (Å²) >= 11 is 13.0. The summed E-state index contributed by atoms with van der Waals surface area (Å²) in [4.78, 5) is 26.3. The van der Waals surface area contributed by atoms with Crippen molar-refractivity contribution >= 4 is 57.9 Å². The lowest BCUT2D eigenvalue weighted by molar-refractivity contribution is -0.113. The number of ether oxygens (including phenoxy) is 2. The van der Waals surface area contributed by atoms with Gasteiger partial charge in [0.1, 0.15) is 0 Å². The minimum absolute atomic E-state index is 0.125. The summed E-state index contributed by atoms with van der Waals surface area (Å²) in [7, 11) is 0. The van der Waals surface area contributed by atoms with E-state index in [-0.39, 0.29) is 11.7 Å². The number of hydrogen-bond donors (Lipinski definition) is 0. The van der Waals surface area contributed by atoms with E-state index >= 15 is 0 Å². The molecule has 0 bridgehead atoms. The van der Waals surface area contributed by atoms with Crippen LogP contribution in [0.1, 0.15) is 5.56 Å². The van der Waals surface area contributed by atoms with Crippen LogP contribution in [-0.4, -0.2) is 17.9 Å². The van der Waals surface area contributed by atoms with Crippen molar-refractivity contribution in [2.75, 3.05) is 11.7 Å². The van der Waals surface area contributed by atoms with Crippen LogP contribution in [0.3, 0.4) is 0 Å². The predicted octanol–water partition coefficient (Wildman–Crippen LogP) is 4.96. The molecular formula is C17H9Cl2NO4S. The molecule has 25 heavy (non-hydrogen) atoms. The summed E-state index contributed by atoms with van der Waals surface area (Å²) in [6, 6.07) is 9.87. The Labute approximate surface area is 157 Å². The van der Waals surface area contributed by atoms with Crippen molar-refractivity contribution < 1.29 is 19.1 Å². The van der Waals surface area contributed by atoms with Gasteiger partial charge in [-0.25, -0.2) is 4.90 Å². The molecule has 0 spiro atoms. The van der Waals surface area contributed by atoms with Crippen molar-refractivity contribution in [3.63, 3.8) is 0 Å². The van der Waals surface area contributed by atoms with E-state index < -0.39 is 11.1 Å². The molecule has 0 N–H and O–H groups in total. The van der Waals surface area contributed by atoms with Gasteiger partial charge in [0, 0.05) is 11.1 Å². The molecule has 2 aliphatic heterocycles. The number of thioether (sulfide) groups is 1. The number of fused-ring (bicyclic) bond motifs is 1. The molecule has 8 heteroatoms. The summed E-state index contributed by atoms with van der Waals surface area (Å²) in [5.41, 5.74) is 0.998. The Kier molecular flexibility index (Phi) is 4.11. The number of halogens is 2. The van der Waals surface area contributed by atoms with E-state index in [1.54, 1.807) is 42.5 Å². The van der Waals surface area contributed by atoms with E-state index in [1.807, 2.05) is 0 Å². The van der Waals surface area contributed by atoms with Gasteiger partial charge in [0.2, 0.25) is 6.79 Å². The highest BCUT2D eigenvalue weighted by Crippen LogP contribution is 2.40. The fourth-order valence-corrected chi connectivity index (χ4v) is 3.72. The molecule has 0 unspecified atom stereocenters. The van der Waals surface area contributed by atoms with Gasteiger partial charge in [-0.1, -0.05) is 29.3 Å². The van der Waals surface area contributed by atoms with Crippen molar-refractivity contribution in [3.05, 3.63) is 56.9 Å². The first kappa shape index (κ1) is 16.3. The highest BCUT2D eigenvalue weighted by Gasteiger charge is 2.36. The fourth-order valence-electron chi connectivity index (χ4n) is 2.49. The van der Waals surface area contributed by atoms with Gasteiger partial charge in [0.15, 0.2) is 11.5 Å². The van der Waals surface area contributed by atoms with Crippen LogP contribution in [0, 0.1) is 0 Å². The molecule has 1 fully saturated rings. The quantitative estimate of drug-likeness (QED) is 0.674. The Bertz CT molecular complexity index is 944. The number of carbonyl (C=O) groups excluding carboxylic acids is 2. The molecule has 0 saturated carbocycles. The molecule has 0 aliphatic carbocycles. The Balaban J connectivity index is 1.69. The molecule has 2 amide bonds. The number of hydrogen-bond acceptors (Lipinski definition) is 5. The maximum absolute atomic E-state index is 12.7. The zero-order chi connectivity index (χ0) is 17.6. The standard InChI is InChI=1S/C17H9Cl2NO4S/c18-10-2-1-3-11(6-10)20-16(21)15(25-17(20)22)5-9-4-13-14(7-12(9)19)24-8-23-13/h1-7H,8H2.